The molecule has 2 N–H and O–H groups in total. The second kappa shape index (κ2) is 13.9. The van der Waals surface area contributed by atoms with E-state index in [1.165, 1.54) is 47.4 Å². The molecule has 0 bridgehead atoms. The Bertz CT molecular complexity index is 1630. The van der Waals surface area contributed by atoms with Crippen molar-refractivity contribution in [2.24, 2.45) is 0 Å². The van der Waals surface area contributed by atoms with Crippen LogP contribution in [0.2, 0.25) is 5.15 Å². The Hall–Kier alpha value is -4.79. The van der Waals surface area contributed by atoms with Crippen LogP contribution in [0.25, 0.3) is 0 Å². The van der Waals surface area contributed by atoms with Gasteiger partial charge in [0, 0.05) is 37.2 Å². The van der Waals surface area contributed by atoms with Gasteiger partial charge >= 0.3 is 6.36 Å². The highest BCUT2D eigenvalue weighted by molar-refractivity contribution is 6.29. The zero-order valence-electron chi connectivity index (χ0n) is 22.2. The van der Waals surface area contributed by atoms with Crippen LogP contribution in [-0.2, 0) is 30.8 Å². The maximum Gasteiger partial charge on any atom is 0.573 e. The van der Waals surface area contributed by atoms with Gasteiger partial charge in [0.25, 0.3) is 11.5 Å². The summed E-state index contributed by atoms with van der Waals surface area (Å²) >= 11 is 5.73. The molecule has 1 atom stereocenters. The minimum atomic E-state index is -4.84. The van der Waals surface area contributed by atoms with Crippen molar-refractivity contribution < 1.29 is 31.9 Å². The van der Waals surface area contributed by atoms with Gasteiger partial charge in [0.1, 0.15) is 17.1 Å². The predicted octanol–water partition coefficient (Wildman–Crippen LogP) is 3.93. The van der Waals surface area contributed by atoms with Crippen LogP contribution in [0.15, 0.2) is 71.9 Å². The van der Waals surface area contributed by atoms with Crippen LogP contribution in [-0.4, -0.2) is 48.9 Å². The van der Waals surface area contributed by atoms with E-state index in [0.717, 1.165) is 16.8 Å². The number of halogens is 5. The molecule has 0 saturated carbocycles. The van der Waals surface area contributed by atoms with E-state index in [1.54, 1.807) is 12.1 Å². The second-order valence-electron chi connectivity index (χ2n) is 9.25. The molecule has 3 aromatic heterocycles. The Labute approximate surface area is 246 Å². The zero-order chi connectivity index (χ0) is 31.0. The van der Waals surface area contributed by atoms with Crippen LogP contribution in [0.5, 0.6) is 5.75 Å². The minimum Gasteiger partial charge on any atom is -0.406 e. The van der Waals surface area contributed by atoms with Gasteiger partial charge in [-0.1, -0.05) is 35.0 Å². The molecule has 0 radical (unpaired) electrons. The van der Waals surface area contributed by atoms with Gasteiger partial charge in [-0.3, -0.25) is 14.4 Å². The average molecular weight is 622 g/mol. The summed E-state index contributed by atoms with van der Waals surface area (Å²) in [6, 6.07) is 11.1. The molecule has 0 spiro atoms. The molecule has 4 aromatic rings. The van der Waals surface area contributed by atoms with E-state index in [4.69, 9.17) is 11.6 Å². The van der Waals surface area contributed by atoms with Crippen molar-refractivity contribution >= 4 is 29.1 Å². The third kappa shape index (κ3) is 9.92. The normalized spacial score (nSPS) is 12.0. The van der Waals surface area contributed by atoms with E-state index in [0.29, 0.717) is 22.0 Å². The summed E-state index contributed by atoms with van der Waals surface area (Å²) in [5.41, 5.74) is 0.742. The maximum atomic E-state index is 14.7. The number of carbonyl (C=O) groups is 2. The first-order valence-corrected chi connectivity index (χ1v) is 13.1. The number of benzene rings is 1. The Balaban J connectivity index is 1.22. The molecule has 3 heterocycles. The molecular weight excluding hydrogens is 598 g/mol. The number of carbonyl (C=O) groups excluding carboxylic acids is 2. The molecule has 0 fully saturated rings. The largest absolute Gasteiger partial charge is 0.573 e. The van der Waals surface area contributed by atoms with Gasteiger partial charge < -0.3 is 19.9 Å². The summed E-state index contributed by atoms with van der Waals surface area (Å²) in [6.45, 7) is -0.299. The van der Waals surface area contributed by atoms with Gasteiger partial charge in [-0.25, -0.2) is 14.1 Å². The van der Waals surface area contributed by atoms with Crippen molar-refractivity contribution in [3.05, 3.63) is 99.4 Å². The molecule has 1 unspecified atom stereocenters. The number of rotatable bonds is 12. The van der Waals surface area contributed by atoms with Crippen LogP contribution in [0.1, 0.15) is 28.0 Å². The van der Waals surface area contributed by atoms with Crippen molar-refractivity contribution in [3.63, 3.8) is 0 Å². The average Bonchev–Trinajstić information content (AvgIpc) is 3.40. The summed E-state index contributed by atoms with van der Waals surface area (Å²) < 4.78 is 58.1. The number of aryl methyl sites for hydroxylation is 1. The fourth-order valence-electron chi connectivity index (χ4n) is 3.86. The topological polar surface area (TPSA) is 133 Å². The third-order valence-electron chi connectivity index (χ3n) is 5.86. The van der Waals surface area contributed by atoms with E-state index in [9.17, 15) is 31.9 Å². The Morgan fingerprint density at radius 2 is 1.91 bits per heavy atom. The van der Waals surface area contributed by atoms with Crippen LogP contribution >= 0.6 is 11.6 Å². The molecule has 0 aliphatic rings. The Kier molecular flexibility index (Phi) is 10.1. The number of hydrogen-bond donors (Lipinski definition) is 2. The molecule has 16 heteroatoms. The van der Waals surface area contributed by atoms with Gasteiger partial charge in [-0.15, -0.1) is 18.3 Å². The third-order valence-corrected chi connectivity index (χ3v) is 6.08. The molecule has 1 aromatic carbocycles. The van der Waals surface area contributed by atoms with E-state index >= 15 is 0 Å². The highest BCUT2D eigenvalue weighted by Crippen LogP contribution is 2.23. The predicted molar refractivity (Wildman–Crippen MR) is 146 cm³/mol. The second-order valence-corrected chi connectivity index (χ2v) is 9.64. The van der Waals surface area contributed by atoms with Crippen molar-refractivity contribution in [3.8, 4) is 5.75 Å². The number of aromatic nitrogens is 5. The molecule has 43 heavy (non-hydrogen) atoms. The molecular formula is C27H24ClF4N7O4. The van der Waals surface area contributed by atoms with Crippen LogP contribution < -0.4 is 20.9 Å². The van der Waals surface area contributed by atoms with Crippen molar-refractivity contribution in [1.82, 2.24) is 29.9 Å². The van der Waals surface area contributed by atoms with Gasteiger partial charge in [0.2, 0.25) is 5.91 Å². The van der Waals surface area contributed by atoms with Crippen LogP contribution in [0, 0.1) is 0 Å². The lowest BCUT2D eigenvalue weighted by molar-refractivity contribution is -0.274. The van der Waals surface area contributed by atoms with Crippen LogP contribution in [0.3, 0.4) is 0 Å². The Morgan fingerprint density at radius 3 is 2.63 bits per heavy atom. The zero-order valence-corrected chi connectivity index (χ0v) is 23.0. The van der Waals surface area contributed by atoms with Gasteiger partial charge in [-0.05, 0) is 41.8 Å². The van der Waals surface area contributed by atoms with Crippen molar-refractivity contribution in [1.29, 1.82) is 0 Å². The van der Waals surface area contributed by atoms with E-state index in [-0.39, 0.29) is 44.1 Å². The number of nitrogens with one attached hydrogen (secondary N) is 2. The molecule has 4 rings (SSSR count). The fraction of sp³-hybridized carbons (Fsp3) is 0.259. The van der Waals surface area contributed by atoms with Gasteiger partial charge in [0.05, 0.1) is 19.2 Å². The quantitative estimate of drug-likeness (QED) is 0.181. The summed E-state index contributed by atoms with van der Waals surface area (Å²) in [5, 5.41) is 12.9. The first-order valence-electron chi connectivity index (χ1n) is 12.7. The lowest BCUT2D eigenvalue weighted by Crippen LogP contribution is -2.24. The van der Waals surface area contributed by atoms with Crippen molar-refractivity contribution in [2.45, 2.75) is 45.0 Å². The standard InChI is InChI=1S/C27H24ClF4N7O4/c28-23-5-4-18(13-33-23)11-24(40)35-20-7-9-38(25(41)12-20)8-6-19(29)15-39-16-22(36-37-39)26(42)34-14-17-2-1-3-21(10-17)43-27(30,31)32/h1-5,7,9-10,12-13,16,19H,6,8,11,14-15H2,(H,34,42)(H,35,40). The monoisotopic (exact) mass is 621 g/mol. The minimum absolute atomic E-state index is 0.0388. The first kappa shape index (κ1) is 31.2. The number of amides is 2. The number of ether oxygens (including phenoxy) is 1. The number of pyridine rings is 2. The molecule has 2 amide bonds. The van der Waals surface area contributed by atoms with Gasteiger partial charge in [0.15, 0.2) is 5.69 Å². The summed E-state index contributed by atoms with van der Waals surface area (Å²) in [7, 11) is 0. The highest BCUT2D eigenvalue weighted by Gasteiger charge is 2.31. The van der Waals surface area contributed by atoms with Crippen LogP contribution in [0.4, 0.5) is 23.2 Å². The fourth-order valence-corrected chi connectivity index (χ4v) is 3.97. The first-order chi connectivity index (χ1) is 20.4. The molecule has 0 aliphatic carbocycles. The van der Waals surface area contributed by atoms with E-state index in [2.05, 4.69) is 30.7 Å². The lowest BCUT2D eigenvalue weighted by atomic mass is 10.2. The highest BCUT2D eigenvalue weighted by atomic mass is 35.5. The summed E-state index contributed by atoms with van der Waals surface area (Å²) in [4.78, 5) is 41.0. The summed E-state index contributed by atoms with van der Waals surface area (Å²) in [6.07, 6.45) is -2.14. The lowest BCUT2D eigenvalue weighted by Gasteiger charge is -2.11. The molecule has 226 valence electrons. The van der Waals surface area contributed by atoms with Gasteiger partial charge in [-0.2, -0.15) is 0 Å². The van der Waals surface area contributed by atoms with E-state index < -0.39 is 29.7 Å². The number of nitrogens with zero attached hydrogens (tertiary/aromatic N) is 5. The number of hydrogen-bond acceptors (Lipinski definition) is 7. The maximum absolute atomic E-state index is 14.7. The molecule has 0 aliphatic heterocycles. The smallest absolute Gasteiger partial charge is 0.406 e. The number of alkyl halides is 4. The Morgan fingerprint density at radius 1 is 1.09 bits per heavy atom. The summed E-state index contributed by atoms with van der Waals surface area (Å²) in [5.74, 6) is -1.43. The number of anilines is 1. The molecule has 0 saturated heterocycles. The van der Waals surface area contributed by atoms with Crippen molar-refractivity contribution in [2.75, 3.05) is 5.32 Å². The van der Waals surface area contributed by atoms with E-state index in [1.807, 2.05) is 0 Å². The molecule has 11 nitrogen and oxygen atoms in total. The SMILES string of the molecule is O=C(Cc1ccc(Cl)nc1)Nc1ccn(CCC(F)Cn2cc(C(=O)NCc3cccc(OC(F)(F)F)c3)nn2)c(=O)c1.